The lowest BCUT2D eigenvalue weighted by Crippen LogP contribution is -2.22. The summed E-state index contributed by atoms with van der Waals surface area (Å²) >= 11 is 13.9. The van der Waals surface area contributed by atoms with Crippen molar-refractivity contribution in [2.45, 2.75) is 17.8 Å². The Morgan fingerprint density at radius 3 is 2.41 bits per heavy atom. The number of para-hydroxylation sites is 1. The molecule has 0 amide bonds. The predicted octanol–water partition coefficient (Wildman–Crippen LogP) is 4.06. The first-order valence-corrected chi connectivity index (χ1v) is 10.4. The first kappa shape index (κ1) is 19.8. The lowest BCUT2D eigenvalue weighted by molar-refractivity contribution is 0.630. The summed E-state index contributed by atoms with van der Waals surface area (Å²) < 4.78 is 4.84. The second-order valence-electron chi connectivity index (χ2n) is 6.27. The van der Waals surface area contributed by atoms with E-state index >= 15 is 0 Å². The van der Waals surface area contributed by atoms with Gasteiger partial charge < -0.3 is 0 Å². The number of nitrogens with zero attached hydrogens (tertiary/aromatic N) is 6. The zero-order chi connectivity index (χ0) is 20.5. The highest BCUT2D eigenvalue weighted by Gasteiger charge is 2.22. The molecular formula is C19H16Cl2N6OS. The standard InChI is InChI=1S/C19H16Cl2N6OS/c1-12-17(18(28)27(25(12)2)13-7-4-3-5-8-13)26-19(22-23-24-26)29-11-14-15(20)9-6-10-16(14)21/h3-10H,11H2,1-2H3. The quantitative estimate of drug-likeness (QED) is 0.432. The number of tetrazole rings is 1. The normalized spacial score (nSPS) is 11.2. The minimum Gasteiger partial charge on any atom is -0.283 e. The summed E-state index contributed by atoms with van der Waals surface area (Å²) in [6.07, 6.45) is 0. The molecule has 0 saturated heterocycles. The van der Waals surface area contributed by atoms with Crippen molar-refractivity contribution in [2.24, 2.45) is 7.05 Å². The van der Waals surface area contributed by atoms with Gasteiger partial charge in [-0.15, -0.1) is 5.10 Å². The third kappa shape index (κ3) is 3.59. The molecule has 2 aromatic heterocycles. The summed E-state index contributed by atoms with van der Waals surface area (Å²) in [7, 11) is 1.83. The van der Waals surface area contributed by atoms with Gasteiger partial charge in [0.25, 0.3) is 5.56 Å². The Kier molecular flexibility index (Phi) is 5.49. The lowest BCUT2D eigenvalue weighted by atomic mass is 10.2. The molecule has 0 aliphatic carbocycles. The van der Waals surface area contributed by atoms with Crippen LogP contribution in [0.25, 0.3) is 11.4 Å². The predicted molar refractivity (Wildman–Crippen MR) is 114 cm³/mol. The first-order chi connectivity index (χ1) is 14.0. The van der Waals surface area contributed by atoms with E-state index in [0.29, 0.717) is 26.6 Å². The molecule has 2 aromatic carbocycles. The molecule has 4 aromatic rings. The summed E-state index contributed by atoms with van der Waals surface area (Å²) in [4.78, 5) is 13.2. The summed E-state index contributed by atoms with van der Waals surface area (Å²) in [5, 5.41) is 13.5. The van der Waals surface area contributed by atoms with Gasteiger partial charge in [-0.1, -0.05) is 59.2 Å². The Labute approximate surface area is 180 Å². The number of hydrogen-bond donors (Lipinski definition) is 0. The average molecular weight is 447 g/mol. The Bertz CT molecular complexity index is 1210. The maximum atomic E-state index is 13.2. The van der Waals surface area contributed by atoms with E-state index in [4.69, 9.17) is 23.2 Å². The molecule has 0 spiro atoms. The molecule has 0 saturated carbocycles. The molecule has 148 valence electrons. The van der Waals surface area contributed by atoms with Gasteiger partial charge in [-0.25, -0.2) is 4.68 Å². The first-order valence-electron chi connectivity index (χ1n) is 8.67. The van der Waals surface area contributed by atoms with Gasteiger partial charge in [0, 0.05) is 22.8 Å². The average Bonchev–Trinajstić information content (AvgIpc) is 3.24. The molecule has 0 N–H and O–H groups in total. The third-order valence-corrected chi connectivity index (χ3v) is 6.24. The van der Waals surface area contributed by atoms with Crippen LogP contribution in [0.15, 0.2) is 58.5 Å². The van der Waals surface area contributed by atoms with Crippen molar-refractivity contribution in [1.82, 2.24) is 29.6 Å². The van der Waals surface area contributed by atoms with Gasteiger partial charge in [-0.05, 0) is 47.2 Å². The molecule has 0 fully saturated rings. The fourth-order valence-electron chi connectivity index (χ4n) is 3.01. The van der Waals surface area contributed by atoms with Crippen molar-refractivity contribution in [3.05, 3.63) is 80.2 Å². The maximum Gasteiger partial charge on any atom is 0.297 e. The number of thioether (sulfide) groups is 1. The van der Waals surface area contributed by atoms with Gasteiger partial charge in [-0.2, -0.15) is 4.68 Å². The van der Waals surface area contributed by atoms with Crippen LogP contribution in [-0.4, -0.2) is 29.6 Å². The number of hydrogen-bond acceptors (Lipinski definition) is 5. The third-order valence-electron chi connectivity index (χ3n) is 4.58. The van der Waals surface area contributed by atoms with Crippen LogP contribution in [0, 0.1) is 6.92 Å². The second kappa shape index (κ2) is 8.06. The lowest BCUT2D eigenvalue weighted by Gasteiger charge is -2.07. The van der Waals surface area contributed by atoms with Crippen LogP contribution < -0.4 is 5.56 Å². The van der Waals surface area contributed by atoms with Crippen molar-refractivity contribution in [3.63, 3.8) is 0 Å². The van der Waals surface area contributed by atoms with E-state index in [1.807, 2.05) is 44.3 Å². The zero-order valence-corrected chi connectivity index (χ0v) is 17.9. The largest absolute Gasteiger partial charge is 0.297 e. The van der Waals surface area contributed by atoms with E-state index in [1.165, 1.54) is 16.4 Å². The minimum absolute atomic E-state index is 0.207. The van der Waals surface area contributed by atoms with Gasteiger partial charge in [0.05, 0.1) is 11.4 Å². The Morgan fingerprint density at radius 2 is 1.72 bits per heavy atom. The Balaban J connectivity index is 1.73. The van der Waals surface area contributed by atoms with E-state index in [9.17, 15) is 4.79 Å². The maximum absolute atomic E-state index is 13.2. The summed E-state index contributed by atoms with van der Waals surface area (Å²) in [6.45, 7) is 1.86. The monoisotopic (exact) mass is 446 g/mol. The molecular weight excluding hydrogens is 431 g/mol. The van der Waals surface area contributed by atoms with Crippen LogP contribution in [0.1, 0.15) is 11.3 Å². The molecule has 0 aliphatic heterocycles. The number of rotatable bonds is 5. The smallest absolute Gasteiger partial charge is 0.283 e. The minimum atomic E-state index is -0.207. The van der Waals surface area contributed by atoms with Crippen LogP contribution in [0.5, 0.6) is 0 Å². The van der Waals surface area contributed by atoms with Crippen LogP contribution in [0.2, 0.25) is 10.0 Å². The van der Waals surface area contributed by atoms with Crippen molar-refractivity contribution in [1.29, 1.82) is 0 Å². The van der Waals surface area contributed by atoms with Crippen molar-refractivity contribution >= 4 is 35.0 Å². The van der Waals surface area contributed by atoms with E-state index in [0.717, 1.165) is 16.9 Å². The second-order valence-corrected chi connectivity index (χ2v) is 8.03. The van der Waals surface area contributed by atoms with E-state index in [-0.39, 0.29) is 5.56 Å². The fraction of sp³-hybridized carbons (Fsp3) is 0.158. The number of halogens is 2. The molecule has 0 unspecified atom stereocenters. The molecule has 0 aliphatic rings. The molecule has 0 atom stereocenters. The van der Waals surface area contributed by atoms with Gasteiger partial charge in [0.15, 0.2) is 5.69 Å². The Morgan fingerprint density at radius 1 is 1.03 bits per heavy atom. The molecule has 10 heteroatoms. The topological polar surface area (TPSA) is 70.5 Å². The molecule has 2 heterocycles. The summed E-state index contributed by atoms with van der Waals surface area (Å²) in [6, 6.07) is 14.8. The van der Waals surface area contributed by atoms with E-state index in [2.05, 4.69) is 15.5 Å². The van der Waals surface area contributed by atoms with Crippen molar-refractivity contribution < 1.29 is 0 Å². The summed E-state index contributed by atoms with van der Waals surface area (Å²) in [5.74, 6) is 0.470. The van der Waals surface area contributed by atoms with Crippen LogP contribution >= 0.6 is 35.0 Å². The molecule has 7 nitrogen and oxygen atoms in total. The van der Waals surface area contributed by atoms with Gasteiger partial charge in [0.2, 0.25) is 5.16 Å². The highest BCUT2D eigenvalue weighted by molar-refractivity contribution is 7.98. The van der Waals surface area contributed by atoms with Gasteiger partial charge >= 0.3 is 0 Å². The van der Waals surface area contributed by atoms with Crippen LogP contribution in [0.3, 0.4) is 0 Å². The van der Waals surface area contributed by atoms with Crippen molar-refractivity contribution in [2.75, 3.05) is 0 Å². The van der Waals surface area contributed by atoms with E-state index in [1.54, 1.807) is 27.6 Å². The number of aromatic nitrogens is 6. The Hall–Kier alpha value is -2.55. The van der Waals surface area contributed by atoms with Gasteiger partial charge in [0.1, 0.15) is 0 Å². The fourth-order valence-corrected chi connectivity index (χ4v) is 4.63. The van der Waals surface area contributed by atoms with Crippen molar-refractivity contribution in [3.8, 4) is 11.4 Å². The zero-order valence-electron chi connectivity index (χ0n) is 15.6. The highest BCUT2D eigenvalue weighted by Crippen LogP contribution is 2.31. The van der Waals surface area contributed by atoms with Crippen LogP contribution in [0.4, 0.5) is 0 Å². The summed E-state index contributed by atoms with van der Waals surface area (Å²) in [5.41, 5.74) is 2.49. The highest BCUT2D eigenvalue weighted by atomic mass is 35.5. The van der Waals surface area contributed by atoms with Gasteiger partial charge in [-0.3, -0.25) is 9.48 Å². The molecule has 29 heavy (non-hydrogen) atoms. The number of benzene rings is 2. The molecule has 0 radical (unpaired) electrons. The van der Waals surface area contributed by atoms with E-state index < -0.39 is 0 Å². The van der Waals surface area contributed by atoms with Crippen LogP contribution in [-0.2, 0) is 12.8 Å². The molecule has 0 bridgehead atoms. The molecule has 4 rings (SSSR count). The SMILES string of the molecule is Cc1c(-n2nnnc2SCc2c(Cl)cccc2Cl)c(=O)n(-c2ccccc2)n1C.